The van der Waals surface area contributed by atoms with Crippen molar-refractivity contribution in [2.24, 2.45) is 5.41 Å². The molecular formula is C13H19ClN4O3. The number of nitrogens with one attached hydrogen (secondary N) is 1. The van der Waals surface area contributed by atoms with Crippen LogP contribution in [0, 0.1) is 15.5 Å². The number of carbonyl (C=O) groups is 1. The summed E-state index contributed by atoms with van der Waals surface area (Å²) in [5.74, 6) is -0.530. The zero-order valence-corrected chi connectivity index (χ0v) is 13.3. The van der Waals surface area contributed by atoms with Crippen molar-refractivity contribution in [3.8, 4) is 0 Å². The third-order valence-corrected chi connectivity index (χ3v) is 3.06. The van der Waals surface area contributed by atoms with Gasteiger partial charge in [0, 0.05) is 19.3 Å². The molecule has 21 heavy (non-hydrogen) atoms. The Kier molecular flexibility index (Phi) is 5.62. The summed E-state index contributed by atoms with van der Waals surface area (Å²) in [6, 6.07) is 1.29. The van der Waals surface area contributed by atoms with Crippen LogP contribution >= 0.6 is 11.6 Å². The maximum atomic E-state index is 12.1. The van der Waals surface area contributed by atoms with Crippen molar-refractivity contribution in [2.45, 2.75) is 13.8 Å². The quantitative estimate of drug-likeness (QED) is 0.492. The number of carbonyl (C=O) groups excluding carboxylic acids is 1. The Morgan fingerprint density at radius 1 is 1.52 bits per heavy atom. The summed E-state index contributed by atoms with van der Waals surface area (Å²) in [4.78, 5) is 28.1. The molecule has 1 rings (SSSR count). The smallest absolute Gasteiger partial charge is 0.319 e. The second-order valence-electron chi connectivity index (χ2n) is 5.84. The van der Waals surface area contributed by atoms with Crippen LogP contribution in [0.2, 0.25) is 5.15 Å². The maximum Gasteiger partial charge on any atom is 0.319 e. The van der Waals surface area contributed by atoms with E-state index in [1.165, 1.54) is 12.3 Å². The van der Waals surface area contributed by atoms with Crippen LogP contribution in [-0.2, 0) is 0 Å². The number of hydrogen-bond acceptors (Lipinski definition) is 5. The molecule has 0 atom stereocenters. The topological polar surface area (TPSA) is 88.4 Å². The van der Waals surface area contributed by atoms with Gasteiger partial charge in [0.25, 0.3) is 5.91 Å². The number of hydrogen-bond donors (Lipinski definition) is 1. The summed E-state index contributed by atoms with van der Waals surface area (Å²) >= 11 is 5.69. The summed E-state index contributed by atoms with van der Waals surface area (Å²) < 4.78 is 0. The molecule has 116 valence electrons. The normalized spacial score (nSPS) is 11.5. The number of nitro groups is 1. The van der Waals surface area contributed by atoms with Gasteiger partial charge in [-0.15, -0.1) is 0 Å². The monoisotopic (exact) mass is 314 g/mol. The predicted molar refractivity (Wildman–Crippen MR) is 80.6 cm³/mol. The van der Waals surface area contributed by atoms with E-state index in [9.17, 15) is 14.9 Å². The molecule has 0 aliphatic carbocycles. The van der Waals surface area contributed by atoms with Crippen LogP contribution in [-0.4, -0.2) is 47.9 Å². The molecule has 0 spiro atoms. The molecule has 0 fully saturated rings. The highest BCUT2D eigenvalue weighted by Gasteiger charge is 2.26. The fourth-order valence-electron chi connectivity index (χ4n) is 2.11. The Morgan fingerprint density at radius 2 is 2.14 bits per heavy atom. The third kappa shape index (κ3) is 4.95. The molecule has 7 nitrogen and oxygen atoms in total. The minimum atomic E-state index is -0.699. The van der Waals surface area contributed by atoms with E-state index in [0.717, 1.165) is 6.54 Å². The second-order valence-corrected chi connectivity index (χ2v) is 6.20. The van der Waals surface area contributed by atoms with Gasteiger partial charge in [-0.25, -0.2) is 4.98 Å². The van der Waals surface area contributed by atoms with Crippen molar-refractivity contribution in [1.29, 1.82) is 0 Å². The summed E-state index contributed by atoms with van der Waals surface area (Å²) in [6.45, 7) is 5.16. The molecule has 0 radical (unpaired) electrons. The third-order valence-electron chi connectivity index (χ3n) is 2.78. The van der Waals surface area contributed by atoms with E-state index in [1.807, 2.05) is 32.8 Å². The van der Waals surface area contributed by atoms with Gasteiger partial charge in [0.1, 0.15) is 5.56 Å². The van der Waals surface area contributed by atoms with Gasteiger partial charge in [0.15, 0.2) is 0 Å². The highest BCUT2D eigenvalue weighted by Crippen LogP contribution is 2.26. The van der Waals surface area contributed by atoms with E-state index in [2.05, 4.69) is 10.3 Å². The standard InChI is InChI=1S/C13H19ClN4O3/c1-13(2,8-17(3)4)7-16-12(19)9-5-6-15-11(14)10(9)18(20)21/h5-6H,7-8H2,1-4H3,(H,16,19). The fourth-order valence-corrected chi connectivity index (χ4v) is 2.34. The summed E-state index contributed by atoms with van der Waals surface area (Å²) in [6.07, 6.45) is 1.27. The van der Waals surface area contributed by atoms with E-state index in [0.29, 0.717) is 6.54 Å². The summed E-state index contributed by atoms with van der Waals surface area (Å²) in [5, 5.41) is 13.4. The van der Waals surface area contributed by atoms with Gasteiger partial charge in [0.2, 0.25) is 5.15 Å². The molecule has 1 amide bonds. The van der Waals surface area contributed by atoms with Crippen molar-refractivity contribution in [2.75, 3.05) is 27.2 Å². The van der Waals surface area contributed by atoms with Crippen molar-refractivity contribution >= 4 is 23.2 Å². The van der Waals surface area contributed by atoms with Gasteiger partial charge in [-0.05, 0) is 25.6 Å². The molecular weight excluding hydrogens is 296 g/mol. The first-order chi connectivity index (χ1) is 9.64. The Labute approximate surface area is 128 Å². The Hall–Kier alpha value is -1.73. The number of rotatable bonds is 6. The van der Waals surface area contributed by atoms with Gasteiger partial charge in [-0.1, -0.05) is 25.4 Å². The van der Waals surface area contributed by atoms with E-state index < -0.39 is 16.5 Å². The van der Waals surface area contributed by atoms with Gasteiger partial charge in [-0.2, -0.15) is 0 Å². The Morgan fingerprint density at radius 3 is 2.67 bits per heavy atom. The predicted octanol–water partition coefficient (Wildman–Crippen LogP) is 1.96. The van der Waals surface area contributed by atoms with E-state index in [-0.39, 0.29) is 16.1 Å². The molecule has 1 heterocycles. The minimum absolute atomic E-state index is 0.0827. The first-order valence-corrected chi connectivity index (χ1v) is 6.73. The zero-order chi connectivity index (χ0) is 16.2. The van der Waals surface area contributed by atoms with E-state index in [4.69, 9.17) is 11.6 Å². The number of aromatic nitrogens is 1. The Balaban J connectivity index is 2.87. The summed E-state index contributed by atoms with van der Waals surface area (Å²) in [7, 11) is 3.88. The van der Waals surface area contributed by atoms with Crippen LogP contribution in [0.1, 0.15) is 24.2 Å². The molecule has 0 saturated carbocycles. The lowest BCUT2D eigenvalue weighted by atomic mass is 9.93. The fraction of sp³-hybridized carbons (Fsp3) is 0.538. The molecule has 1 N–H and O–H groups in total. The Bertz CT molecular complexity index is 546. The van der Waals surface area contributed by atoms with Crippen LogP contribution in [0.25, 0.3) is 0 Å². The molecule has 1 aromatic rings. The summed E-state index contributed by atoms with van der Waals surface area (Å²) in [5.41, 5.74) is -0.715. The number of nitrogens with zero attached hydrogens (tertiary/aromatic N) is 3. The average molecular weight is 315 g/mol. The molecule has 0 aliphatic heterocycles. The molecule has 0 saturated heterocycles. The lowest BCUT2D eigenvalue weighted by molar-refractivity contribution is -0.385. The van der Waals surface area contributed by atoms with Crippen LogP contribution in [0.15, 0.2) is 12.3 Å². The molecule has 1 aromatic heterocycles. The number of halogens is 1. The molecule has 0 bridgehead atoms. The maximum absolute atomic E-state index is 12.1. The van der Waals surface area contributed by atoms with Crippen molar-refractivity contribution in [3.63, 3.8) is 0 Å². The van der Waals surface area contributed by atoms with Gasteiger partial charge in [-0.3, -0.25) is 14.9 Å². The molecule has 8 heteroatoms. The van der Waals surface area contributed by atoms with Gasteiger partial charge in [0.05, 0.1) is 4.92 Å². The van der Waals surface area contributed by atoms with E-state index in [1.54, 1.807) is 0 Å². The number of amides is 1. The van der Waals surface area contributed by atoms with Crippen LogP contribution in [0.4, 0.5) is 5.69 Å². The largest absolute Gasteiger partial charge is 0.351 e. The van der Waals surface area contributed by atoms with E-state index >= 15 is 0 Å². The highest BCUT2D eigenvalue weighted by molar-refractivity contribution is 6.32. The lowest BCUT2D eigenvalue weighted by Crippen LogP contribution is -2.40. The molecule has 0 unspecified atom stereocenters. The van der Waals surface area contributed by atoms with Crippen molar-refractivity contribution in [3.05, 3.63) is 33.1 Å². The van der Waals surface area contributed by atoms with Gasteiger partial charge < -0.3 is 10.2 Å². The SMILES string of the molecule is CN(C)CC(C)(C)CNC(=O)c1ccnc(Cl)c1[N+](=O)[O-]. The van der Waals surface area contributed by atoms with Crippen LogP contribution < -0.4 is 5.32 Å². The molecule has 0 aliphatic rings. The minimum Gasteiger partial charge on any atom is -0.351 e. The average Bonchev–Trinajstić information content (AvgIpc) is 2.33. The first-order valence-electron chi connectivity index (χ1n) is 6.36. The van der Waals surface area contributed by atoms with Crippen molar-refractivity contribution in [1.82, 2.24) is 15.2 Å². The van der Waals surface area contributed by atoms with Crippen LogP contribution in [0.3, 0.4) is 0 Å². The zero-order valence-electron chi connectivity index (χ0n) is 12.5. The highest BCUT2D eigenvalue weighted by atomic mass is 35.5. The van der Waals surface area contributed by atoms with Crippen molar-refractivity contribution < 1.29 is 9.72 Å². The number of pyridine rings is 1. The molecule has 0 aromatic carbocycles. The first kappa shape index (κ1) is 17.3. The second kappa shape index (κ2) is 6.82. The van der Waals surface area contributed by atoms with Crippen LogP contribution in [0.5, 0.6) is 0 Å². The van der Waals surface area contributed by atoms with Gasteiger partial charge >= 0.3 is 5.69 Å². The lowest BCUT2D eigenvalue weighted by Gasteiger charge is -2.28.